The van der Waals surface area contributed by atoms with Gasteiger partial charge in [-0.2, -0.15) is 0 Å². The van der Waals surface area contributed by atoms with Crippen LogP contribution in [0.4, 0.5) is 0 Å². The monoisotopic (exact) mass is 224 g/mol. The summed E-state index contributed by atoms with van der Waals surface area (Å²) in [5.41, 5.74) is 0. The quantitative estimate of drug-likeness (QED) is 0.503. The zero-order valence-corrected chi connectivity index (χ0v) is 8.71. The molecule has 0 saturated heterocycles. The zero-order valence-electron chi connectivity index (χ0n) is 6.37. The van der Waals surface area contributed by atoms with Gasteiger partial charge in [-0.15, -0.1) is 11.6 Å². The van der Waals surface area contributed by atoms with Crippen LogP contribution in [0.5, 0.6) is 0 Å². The summed E-state index contributed by atoms with van der Waals surface area (Å²) >= 11 is 9.47. The second kappa shape index (κ2) is 3.44. The molecule has 10 heavy (non-hydrogen) atoms. The highest BCUT2D eigenvalue weighted by Crippen LogP contribution is 2.56. The Balaban J connectivity index is 1.97. The molecule has 0 aliphatic heterocycles. The molecule has 0 nitrogen and oxygen atoms in total. The van der Waals surface area contributed by atoms with E-state index in [1.165, 1.54) is 25.7 Å². The van der Waals surface area contributed by atoms with Crippen LogP contribution in [0.3, 0.4) is 0 Å². The normalized spacial score (nSPS) is 38.1. The largest absolute Gasteiger partial charge is 0.106 e. The maximum atomic E-state index is 6.00. The summed E-state index contributed by atoms with van der Waals surface area (Å²) in [5, 5.41) is 0. The minimum atomic E-state index is 0.000736. The van der Waals surface area contributed by atoms with Gasteiger partial charge in [0.15, 0.2) is 0 Å². The summed E-state index contributed by atoms with van der Waals surface area (Å²) in [6, 6.07) is 0. The summed E-state index contributed by atoms with van der Waals surface area (Å²) in [7, 11) is 0. The molecule has 0 aromatic heterocycles. The first-order valence-electron chi connectivity index (χ1n) is 4.04. The summed E-state index contributed by atoms with van der Waals surface area (Å²) in [5.74, 6) is 0.751. The number of rotatable bonds is 4. The molecule has 0 bridgehead atoms. The molecule has 0 N–H and O–H groups in total. The Morgan fingerprint density at radius 3 is 2.60 bits per heavy atom. The number of alkyl halides is 2. The highest BCUT2D eigenvalue weighted by molar-refractivity contribution is 9.10. The number of hydrogen-bond acceptors (Lipinski definition) is 0. The van der Waals surface area contributed by atoms with Crippen LogP contribution in [-0.2, 0) is 0 Å². The Kier molecular flexibility index (Phi) is 3.05. The Morgan fingerprint density at radius 2 is 2.20 bits per heavy atom. The number of unbranched alkanes of at least 4 members (excludes halogenated alkanes) is 2. The van der Waals surface area contributed by atoms with Crippen LogP contribution in [0.15, 0.2) is 0 Å². The van der Waals surface area contributed by atoms with Gasteiger partial charge >= 0.3 is 0 Å². The van der Waals surface area contributed by atoms with Gasteiger partial charge in [-0.3, -0.25) is 0 Å². The highest BCUT2D eigenvalue weighted by atomic mass is 79.9. The Morgan fingerprint density at radius 1 is 1.60 bits per heavy atom. The zero-order chi connectivity index (χ0) is 7.61. The van der Waals surface area contributed by atoms with E-state index < -0.39 is 0 Å². The molecule has 0 aromatic rings. The molecular formula is C8H14BrCl. The van der Waals surface area contributed by atoms with E-state index >= 15 is 0 Å². The first-order valence-corrected chi connectivity index (χ1v) is 5.21. The molecule has 2 heteroatoms. The third kappa shape index (κ3) is 2.43. The lowest BCUT2D eigenvalue weighted by molar-refractivity contribution is 0.618. The van der Waals surface area contributed by atoms with Gasteiger partial charge in [0.25, 0.3) is 0 Å². The molecule has 1 rings (SSSR count). The van der Waals surface area contributed by atoms with Crippen molar-refractivity contribution in [2.24, 2.45) is 5.92 Å². The predicted octanol–water partition coefficient (Wildman–Crippen LogP) is 3.92. The molecule has 1 fully saturated rings. The summed E-state index contributed by atoms with van der Waals surface area (Å²) in [6.45, 7) is 2.23. The maximum absolute atomic E-state index is 6.00. The highest BCUT2D eigenvalue weighted by Gasteiger charge is 2.49. The van der Waals surface area contributed by atoms with Gasteiger partial charge < -0.3 is 0 Å². The smallest absolute Gasteiger partial charge is 0.102 e. The molecule has 1 aliphatic carbocycles. The second-order valence-electron chi connectivity index (χ2n) is 3.16. The summed E-state index contributed by atoms with van der Waals surface area (Å²) < 4.78 is 0.000736. The molecule has 0 aromatic carbocycles. The maximum Gasteiger partial charge on any atom is 0.102 e. The molecule has 2 unspecified atom stereocenters. The fourth-order valence-electron chi connectivity index (χ4n) is 1.22. The van der Waals surface area contributed by atoms with E-state index in [0.717, 1.165) is 12.3 Å². The topological polar surface area (TPSA) is 0 Å². The summed E-state index contributed by atoms with van der Waals surface area (Å²) in [6.07, 6.45) is 6.49. The standard InChI is InChI=1S/C8H14BrCl/c1-2-3-4-5-7-6-8(7,9)10/h7H,2-6H2,1H3. The van der Waals surface area contributed by atoms with Crippen molar-refractivity contribution in [2.75, 3.05) is 0 Å². The van der Waals surface area contributed by atoms with Crippen molar-refractivity contribution in [3.8, 4) is 0 Å². The fraction of sp³-hybridized carbons (Fsp3) is 1.00. The van der Waals surface area contributed by atoms with E-state index in [-0.39, 0.29) is 3.78 Å². The van der Waals surface area contributed by atoms with Gasteiger partial charge in [0.05, 0.1) is 0 Å². The number of hydrogen-bond donors (Lipinski definition) is 0. The van der Waals surface area contributed by atoms with Gasteiger partial charge in [0, 0.05) is 0 Å². The first kappa shape index (κ1) is 8.86. The van der Waals surface area contributed by atoms with Gasteiger partial charge in [-0.1, -0.05) is 42.1 Å². The average molecular weight is 226 g/mol. The van der Waals surface area contributed by atoms with Crippen LogP contribution in [0.2, 0.25) is 0 Å². The molecule has 0 heterocycles. The van der Waals surface area contributed by atoms with Gasteiger partial charge in [0.2, 0.25) is 0 Å². The molecule has 0 radical (unpaired) electrons. The molecular weight excluding hydrogens is 211 g/mol. The third-order valence-electron chi connectivity index (χ3n) is 2.11. The second-order valence-corrected chi connectivity index (χ2v) is 5.70. The minimum Gasteiger partial charge on any atom is -0.106 e. The van der Waals surface area contributed by atoms with Crippen LogP contribution in [0.1, 0.15) is 39.0 Å². The number of halogens is 2. The van der Waals surface area contributed by atoms with Gasteiger partial charge in [0.1, 0.15) is 3.78 Å². The molecule has 0 amide bonds. The van der Waals surface area contributed by atoms with Crippen molar-refractivity contribution in [2.45, 2.75) is 42.8 Å². The third-order valence-corrected chi connectivity index (χ3v) is 3.55. The predicted molar refractivity (Wildman–Crippen MR) is 49.8 cm³/mol. The molecule has 1 saturated carbocycles. The van der Waals surface area contributed by atoms with E-state index in [1.54, 1.807) is 0 Å². The van der Waals surface area contributed by atoms with E-state index in [4.69, 9.17) is 11.6 Å². The van der Waals surface area contributed by atoms with Crippen LogP contribution in [-0.4, -0.2) is 3.78 Å². The van der Waals surface area contributed by atoms with Crippen LogP contribution >= 0.6 is 27.5 Å². The first-order chi connectivity index (χ1) is 4.67. The SMILES string of the molecule is CCCCCC1CC1(Cl)Br. The van der Waals surface area contributed by atoms with Crippen LogP contribution < -0.4 is 0 Å². The lowest BCUT2D eigenvalue weighted by atomic mass is 10.1. The van der Waals surface area contributed by atoms with E-state index in [2.05, 4.69) is 22.9 Å². The van der Waals surface area contributed by atoms with E-state index in [9.17, 15) is 0 Å². The lowest BCUT2D eigenvalue weighted by Crippen LogP contribution is -1.88. The van der Waals surface area contributed by atoms with Crippen molar-refractivity contribution in [3.63, 3.8) is 0 Å². The van der Waals surface area contributed by atoms with Gasteiger partial charge in [-0.05, 0) is 18.8 Å². The van der Waals surface area contributed by atoms with Crippen molar-refractivity contribution in [1.29, 1.82) is 0 Å². The van der Waals surface area contributed by atoms with Crippen molar-refractivity contribution >= 4 is 27.5 Å². The minimum absolute atomic E-state index is 0.000736. The molecule has 2 atom stereocenters. The van der Waals surface area contributed by atoms with Crippen molar-refractivity contribution in [1.82, 2.24) is 0 Å². The Hall–Kier alpha value is 0.770. The van der Waals surface area contributed by atoms with Gasteiger partial charge in [-0.25, -0.2) is 0 Å². The van der Waals surface area contributed by atoms with Crippen LogP contribution in [0, 0.1) is 5.92 Å². The molecule has 1 aliphatic rings. The van der Waals surface area contributed by atoms with E-state index in [0.29, 0.717) is 0 Å². The lowest BCUT2D eigenvalue weighted by Gasteiger charge is -1.98. The average Bonchev–Trinajstić information content (AvgIpc) is 2.41. The van der Waals surface area contributed by atoms with Crippen molar-refractivity contribution in [3.05, 3.63) is 0 Å². The van der Waals surface area contributed by atoms with Crippen molar-refractivity contribution < 1.29 is 0 Å². The Bertz CT molecular complexity index is 112. The Labute approximate surface area is 76.5 Å². The summed E-state index contributed by atoms with van der Waals surface area (Å²) in [4.78, 5) is 0. The molecule has 0 spiro atoms. The van der Waals surface area contributed by atoms with E-state index in [1.807, 2.05) is 0 Å². The van der Waals surface area contributed by atoms with Crippen LogP contribution in [0.25, 0.3) is 0 Å². The molecule has 60 valence electrons. The fourth-order valence-corrected chi connectivity index (χ4v) is 2.14.